The number of rotatable bonds is 4. The summed E-state index contributed by atoms with van der Waals surface area (Å²) >= 11 is 1.39. The highest BCUT2D eigenvalue weighted by atomic mass is 32.2. The highest BCUT2D eigenvalue weighted by molar-refractivity contribution is 7.99. The summed E-state index contributed by atoms with van der Waals surface area (Å²) in [7, 11) is 0. The van der Waals surface area contributed by atoms with E-state index in [1.165, 1.54) is 11.8 Å². The lowest BCUT2D eigenvalue weighted by atomic mass is 10.1. The van der Waals surface area contributed by atoms with Crippen LogP contribution < -0.4 is 5.56 Å². The van der Waals surface area contributed by atoms with Crippen molar-refractivity contribution in [3.63, 3.8) is 0 Å². The van der Waals surface area contributed by atoms with Crippen LogP contribution in [-0.4, -0.2) is 26.0 Å². The van der Waals surface area contributed by atoms with E-state index in [1.807, 2.05) is 44.2 Å². The minimum Gasteiger partial charge on any atom is -0.390 e. The van der Waals surface area contributed by atoms with E-state index in [0.29, 0.717) is 21.8 Å². The summed E-state index contributed by atoms with van der Waals surface area (Å²) in [4.78, 5) is 17.8. The Balaban J connectivity index is 2.26. The highest BCUT2D eigenvalue weighted by Gasteiger charge is 2.18. The number of benzene rings is 2. The standard InChI is InChI=1S/C20H22N2O2S/c1-13-9-14(2)11-15(10-13)22-18(23)16-7-5-6-8-17(16)21-19(22)25-12-20(3,4)24/h5-11,24H,12H2,1-4H3. The van der Waals surface area contributed by atoms with Crippen LogP contribution >= 0.6 is 11.8 Å². The number of para-hydroxylation sites is 1. The summed E-state index contributed by atoms with van der Waals surface area (Å²) < 4.78 is 1.65. The van der Waals surface area contributed by atoms with Gasteiger partial charge < -0.3 is 5.11 Å². The molecule has 0 aliphatic carbocycles. The summed E-state index contributed by atoms with van der Waals surface area (Å²) in [5.41, 5.74) is 2.72. The van der Waals surface area contributed by atoms with Crippen LogP contribution in [0.2, 0.25) is 0 Å². The SMILES string of the molecule is Cc1cc(C)cc(-n2c(SCC(C)(C)O)nc3ccccc3c2=O)c1. The maximum Gasteiger partial charge on any atom is 0.266 e. The summed E-state index contributed by atoms with van der Waals surface area (Å²) in [6, 6.07) is 13.4. The molecule has 0 saturated carbocycles. The van der Waals surface area contributed by atoms with Gasteiger partial charge in [0.15, 0.2) is 5.16 Å². The number of thioether (sulfide) groups is 1. The fourth-order valence-electron chi connectivity index (χ4n) is 2.76. The van der Waals surface area contributed by atoms with Crippen LogP contribution in [0, 0.1) is 13.8 Å². The van der Waals surface area contributed by atoms with Gasteiger partial charge in [-0.05, 0) is 63.1 Å². The molecule has 1 N–H and O–H groups in total. The molecule has 1 heterocycles. The van der Waals surface area contributed by atoms with E-state index in [9.17, 15) is 9.90 Å². The van der Waals surface area contributed by atoms with Crippen LogP contribution in [-0.2, 0) is 0 Å². The maximum absolute atomic E-state index is 13.1. The number of aliphatic hydroxyl groups is 1. The van der Waals surface area contributed by atoms with Crippen LogP contribution in [0.15, 0.2) is 52.4 Å². The molecule has 0 fully saturated rings. The lowest BCUT2D eigenvalue weighted by Crippen LogP contribution is -2.25. The minimum atomic E-state index is -0.846. The molecule has 130 valence electrons. The van der Waals surface area contributed by atoms with Crippen LogP contribution in [0.3, 0.4) is 0 Å². The second-order valence-electron chi connectivity index (χ2n) is 7.00. The van der Waals surface area contributed by atoms with Crippen molar-refractivity contribution >= 4 is 22.7 Å². The molecular formula is C20H22N2O2S. The van der Waals surface area contributed by atoms with Gasteiger partial charge in [0.2, 0.25) is 0 Å². The molecule has 0 unspecified atom stereocenters. The molecule has 5 heteroatoms. The first-order valence-corrected chi connectivity index (χ1v) is 9.19. The first kappa shape index (κ1) is 17.7. The van der Waals surface area contributed by atoms with Crippen molar-refractivity contribution in [2.75, 3.05) is 5.75 Å². The van der Waals surface area contributed by atoms with E-state index < -0.39 is 5.60 Å². The third kappa shape index (κ3) is 3.94. The van der Waals surface area contributed by atoms with Crippen molar-refractivity contribution < 1.29 is 5.11 Å². The molecule has 1 aromatic heterocycles. The molecule has 3 aromatic rings. The molecule has 0 atom stereocenters. The quantitative estimate of drug-likeness (QED) is 0.571. The lowest BCUT2D eigenvalue weighted by Gasteiger charge is -2.19. The maximum atomic E-state index is 13.1. The molecule has 0 aliphatic rings. The Bertz CT molecular complexity index is 967. The van der Waals surface area contributed by atoms with Gasteiger partial charge >= 0.3 is 0 Å². The second kappa shape index (κ2) is 6.65. The lowest BCUT2D eigenvalue weighted by molar-refractivity contribution is 0.107. The van der Waals surface area contributed by atoms with Gasteiger partial charge in [-0.25, -0.2) is 4.98 Å². The van der Waals surface area contributed by atoms with Crippen LogP contribution in [0.1, 0.15) is 25.0 Å². The zero-order valence-electron chi connectivity index (χ0n) is 14.9. The molecule has 0 spiro atoms. The minimum absolute atomic E-state index is 0.0890. The number of nitrogens with zero attached hydrogens (tertiary/aromatic N) is 2. The number of aryl methyl sites for hydroxylation is 2. The Kier molecular flexibility index (Phi) is 4.71. The van der Waals surface area contributed by atoms with Gasteiger partial charge in [0.05, 0.1) is 22.2 Å². The van der Waals surface area contributed by atoms with E-state index >= 15 is 0 Å². The Morgan fingerprint density at radius 1 is 1.12 bits per heavy atom. The first-order valence-electron chi connectivity index (χ1n) is 8.20. The van der Waals surface area contributed by atoms with Gasteiger partial charge in [0, 0.05) is 5.75 Å². The van der Waals surface area contributed by atoms with Crippen LogP contribution in [0.5, 0.6) is 0 Å². The Morgan fingerprint density at radius 3 is 2.40 bits per heavy atom. The highest BCUT2D eigenvalue weighted by Crippen LogP contribution is 2.25. The van der Waals surface area contributed by atoms with Gasteiger partial charge in [-0.2, -0.15) is 0 Å². The van der Waals surface area contributed by atoms with Crippen molar-refractivity contribution in [1.29, 1.82) is 0 Å². The molecule has 0 radical (unpaired) electrons. The van der Waals surface area contributed by atoms with Crippen LogP contribution in [0.4, 0.5) is 0 Å². The largest absolute Gasteiger partial charge is 0.390 e. The molecule has 0 aliphatic heterocycles. The average Bonchev–Trinajstić information content (AvgIpc) is 2.51. The number of hydrogen-bond acceptors (Lipinski definition) is 4. The van der Waals surface area contributed by atoms with Gasteiger partial charge in [-0.3, -0.25) is 9.36 Å². The van der Waals surface area contributed by atoms with Crippen molar-refractivity contribution in [1.82, 2.24) is 9.55 Å². The Labute approximate surface area is 151 Å². The molecular weight excluding hydrogens is 332 g/mol. The summed E-state index contributed by atoms with van der Waals surface area (Å²) in [6.07, 6.45) is 0. The van der Waals surface area contributed by atoms with Crippen molar-refractivity contribution in [3.8, 4) is 5.69 Å². The summed E-state index contributed by atoms with van der Waals surface area (Å²) in [5.74, 6) is 0.447. The van der Waals surface area contributed by atoms with Gasteiger partial charge in [-0.1, -0.05) is 30.0 Å². The molecule has 4 nitrogen and oxygen atoms in total. The third-order valence-corrected chi connectivity index (χ3v) is 5.15. The van der Waals surface area contributed by atoms with Crippen LogP contribution in [0.25, 0.3) is 16.6 Å². The van der Waals surface area contributed by atoms with E-state index in [1.54, 1.807) is 24.5 Å². The predicted molar refractivity (Wildman–Crippen MR) is 104 cm³/mol. The molecule has 3 rings (SSSR count). The van der Waals surface area contributed by atoms with Crippen molar-refractivity contribution in [2.45, 2.75) is 38.5 Å². The van der Waals surface area contributed by atoms with Gasteiger partial charge in [-0.15, -0.1) is 0 Å². The average molecular weight is 354 g/mol. The fraction of sp³-hybridized carbons (Fsp3) is 0.300. The van der Waals surface area contributed by atoms with E-state index in [2.05, 4.69) is 11.1 Å². The topological polar surface area (TPSA) is 55.1 Å². The van der Waals surface area contributed by atoms with Crippen molar-refractivity contribution in [3.05, 3.63) is 63.9 Å². The molecule has 0 saturated heterocycles. The zero-order valence-corrected chi connectivity index (χ0v) is 15.7. The molecule has 0 amide bonds. The summed E-state index contributed by atoms with van der Waals surface area (Å²) in [6.45, 7) is 7.53. The van der Waals surface area contributed by atoms with Gasteiger partial charge in [0.25, 0.3) is 5.56 Å². The zero-order chi connectivity index (χ0) is 18.2. The van der Waals surface area contributed by atoms with Gasteiger partial charge in [0.1, 0.15) is 0 Å². The number of hydrogen-bond donors (Lipinski definition) is 1. The third-order valence-electron chi connectivity index (χ3n) is 3.76. The van der Waals surface area contributed by atoms with Crippen molar-refractivity contribution in [2.24, 2.45) is 0 Å². The monoisotopic (exact) mass is 354 g/mol. The van der Waals surface area contributed by atoms with E-state index in [4.69, 9.17) is 0 Å². The second-order valence-corrected chi connectivity index (χ2v) is 7.94. The molecule has 25 heavy (non-hydrogen) atoms. The normalized spacial score (nSPS) is 11.9. The summed E-state index contributed by atoms with van der Waals surface area (Å²) in [5, 5.41) is 11.3. The Hall–Kier alpha value is -2.11. The molecule has 2 aromatic carbocycles. The number of fused-ring (bicyclic) bond motifs is 1. The van der Waals surface area contributed by atoms with E-state index in [-0.39, 0.29) is 5.56 Å². The molecule has 0 bridgehead atoms. The fourth-order valence-corrected chi connectivity index (χ4v) is 3.72. The predicted octanol–water partition coefficient (Wildman–Crippen LogP) is 3.87. The first-order chi connectivity index (χ1) is 11.7. The Morgan fingerprint density at radius 2 is 1.76 bits per heavy atom. The number of aromatic nitrogens is 2. The smallest absolute Gasteiger partial charge is 0.266 e. The van der Waals surface area contributed by atoms with E-state index in [0.717, 1.165) is 16.8 Å².